The van der Waals surface area contributed by atoms with Crippen LogP contribution in [-0.2, 0) is 13.0 Å². The van der Waals surface area contributed by atoms with E-state index in [0.29, 0.717) is 47.3 Å². The van der Waals surface area contributed by atoms with Gasteiger partial charge in [-0.25, -0.2) is 0 Å². The predicted molar refractivity (Wildman–Crippen MR) is 139 cm³/mol. The molecule has 1 heterocycles. The molecule has 0 amide bonds. The highest BCUT2D eigenvalue weighted by Gasteiger charge is 2.10. The van der Waals surface area contributed by atoms with E-state index in [1.807, 2.05) is 61.9 Å². The Morgan fingerprint density at radius 2 is 1.79 bits per heavy atom. The van der Waals surface area contributed by atoms with Crippen molar-refractivity contribution >= 4 is 46.4 Å². The number of ether oxygens (including phenoxy) is 2. The third-order valence-electron chi connectivity index (χ3n) is 4.87. The number of benzene rings is 2. The fourth-order valence-corrected chi connectivity index (χ4v) is 3.95. The number of rotatable bonds is 10. The van der Waals surface area contributed by atoms with E-state index in [9.17, 15) is 0 Å². The average Bonchev–Trinajstić information content (AvgIpc) is 3.10. The van der Waals surface area contributed by atoms with Crippen molar-refractivity contribution in [2.45, 2.75) is 33.7 Å². The highest BCUT2D eigenvalue weighted by molar-refractivity contribution is 7.80. The molecule has 1 aromatic heterocycles. The predicted octanol–water partition coefficient (Wildman–Crippen LogP) is 5.87. The van der Waals surface area contributed by atoms with E-state index in [0.717, 1.165) is 34.7 Å². The molecule has 0 atom stereocenters. The molecule has 6 nitrogen and oxygen atoms in total. The van der Waals surface area contributed by atoms with Crippen LogP contribution < -0.4 is 20.1 Å². The summed E-state index contributed by atoms with van der Waals surface area (Å²) in [4.78, 5) is 0. The second-order valence-corrected chi connectivity index (χ2v) is 8.59. The van der Waals surface area contributed by atoms with Gasteiger partial charge in [-0.15, -0.1) is 0 Å². The number of hydrogen-bond donors (Lipinski definition) is 2. The number of anilines is 1. The lowest BCUT2D eigenvalue weighted by atomic mass is 10.1. The Kier molecular flexibility index (Phi) is 9.23. The first-order chi connectivity index (χ1) is 15.9. The first-order valence-electron chi connectivity index (χ1n) is 10.8. The van der Waals surface area contributed by atoms with Crippen molar-refractivity contribution in [3.05, 3.63) is 69.3 Å². The van der Waals surface area contributed by atoms with Crippen LogP contribution >= 0.6 is 35.4 Å². The molecule has 33 heavy (non-hydrogen) atoms. The molecule has 0 aliphatic heterocycles. The van der Waals surface area contributed by atoms with Crippen molar-refractivity contribution in [1.82, 2.24) is 15.1 Å². The van der Waals surface area contributed by atoms with Crippen LogP contribution in [0.3, 0.4) is 0 Å². The number of nitrogens with one attached hydrogen (secondary N) is 2. The van der Waals surface area contributed by atoms with Gasteiger partial charge in [-0.2, -0.15) is 5.10 Å². The van der Waals surface area contributed by atoms with Gasteiger partial charge >= 0.3 is 0 Å². The van der Waals surface area contributed by atoms with Crippen LogP contribution in [0.2, 0.25) is 10.0 Å². The van der Waals surface area contributed by atoms with Gasteiger partial charge in [-0.1, -0.05) is 35.3 Å². The Balaban J connectivity index is 1.53. The van der Waals surface area contributed by atoms with Crippen LogP contribution in [0.1, 0.15) is 30.7 Å². The van der Waals surface area contributed by atoms with Crippen molar-refractivity contribution in [3.8, 4) is 11.5 Å². The molecule has 0 fully saturated rings. The molecule has 0 saturated carbocycles. The van der Waals surface area contributed by atoms with Gasteiger partial charge in [0.05, 0.1) is 19.8 Å². The zero-order valence-corrected chi connectivity index (χ0v) is 21.3. The van der Waals surface area contributed by atoms with Crippen molar-refractivity contribution < 1.29 is 9.47 Å². The molecule has 3 rings (SSSR count). The van der Waals surface area contributed by atoms with E-state index in [2.05, 4.69) is 15.7 Å². The van der Waals surface area contributed by atoms with Gasteiger partial charge in [0.2, 0.25) is 0 Å². The van der Waals surface area contributed by atoms with E-state index >= 15 is 0 Å². The number of aryl methyl sites for hydroxylation is 1. The summed E-state index contributed by atoms with van der Waals surface area (Å²) in [7, 11) is 0. The third-order valence-corrected chi connectivity index (χ3v) is 5.70. The number of hydrogen-bond acceptors (Lipinski definition) is 4. The van der Waals surface area contributed by atoms with Gasteiger partial charge in [-0.3, -0.25) is 4.68 Å². The van der Waals surface area contributed by atoms with Crippen molar-refractivity contribution in [3.63, 3.8) is 0 Å². The van der Waals surface area contributed by atoms with Gasteiger partial charge in [0.1, 0.15) is 0 Å². The molecule has 0 radical (unpaired) electrons. The molecule has 0 aliphatic rings. The first kappa shape index (κ1) is 25.1. The number of aromatic nitrogens is 2. The molecule has 176 valence electrons. The zero-order valence-electron chi connectivity index (χ0n) is 19.0. The summed E-state index contributed by atoms with van der Waals surface area (Å²) >= 11 is 17.7. The summed E-state index contributed by atoms with van der Waals surface area (Å²) in [5.41, 5.74) is 3.07. The van der Waals surface area contributed by atoms with Gasteiger partial charge in [0, 0.05) is 28.4 Å². The maximum Gasteiger partial charge on any atom is 0.172 e. The van der Waals surface area contributed by atoms with Crippen LogP contribution in [0.25, 0.3) is 0 Å². The van der Waals surface area contributed by atoms with Crippen molar-refractivity contribution in [2.24, 2.45) is 0 Å². The molecule has 0 saturated heterocycles. The Morgan fingerprint density at radius 1 is 1.03 bits per heavy atom. The number of halogens is 2. The second-order valence-electron chi connectivity index (χ2n) is 7.34. The minimum atomic E-state index is 0.514. The summed E-state index contributed by atoms with van der Waals surface area (Å²) in [6.45, 7) is 8.31. The molecule has 0 aliphatic carbocycles. The summed E-state index contributed by atoms with van der Waals surface area (Å²) in [6.07, 6.45) is 0.789. The lowest BCUT2D eigenvalue weighted by Crippen LogP contribution is -2.30. The molecule has 0 bridgehead atoms. The third kappa shape index (κ3) is 7.25. The van der Waals surface area contributed by atoms with E-state index in [-0.39, 0.29) is 0 Å². The largest absolute Gasteiger partial charge is 0.490 e. The standard InChI is InChI=1S/C24H28Cl2N4O2S/c1-4-31-21-9-6-17(13-22(21)32-5-2)10-11-27-24(33)28-23-12-16(3)30(29-23)15-18-7-8-19(25)14-20(18)26/h6-9,12-14H,4-5,10-11,15H2,1-3H3,(H2,27,28,29,33). The van der Waals surface area contributed by atoms with E-state index in [1.54, 1.807) is 6.07 Å². The molecule has 3 aromatic rings. The normalized spacial score (nSPS) is 10.7. The van der Waals surface area contributed by atoms with Gasteiger partial charge < -0.3 is 20.1 Å². The fourth-order valence-electron chi connectivity index (χ4n) is 3.27. The topological polar surface area (TPSA) is 60.3 Å². The maximum absolute atomic E-state index is 6.30. The zero-order chi connectivity index (χ0) is 23.8. The SMILES string of the molecule is CCOc1ccc(CCNC(=S)Nc2cc(C)n(Cc3ccc(Cl)cc3Cl)n2)cc1OCC. The Hall–Kier alpha value is -2.48. The van der Waals surface area contributed by atoms with Gasteiger partial charge in [0.15, 0.2) is 22.4 Å². The number of nitrogens with zero attached hydrogens (tertiary/aromatic N) is 2. The van der Waals surface area contributed by atoms with E-state index < -0.39 is 0 Å². The van der Waals surface area contributed by atoms with E-state index in [4.69, 9.17) is 44.9 Å². The lowest BCUT2D eigenvalue weighted by molar-refractivity contribution is 0.287. The smallest absolute Gasteiger partial charge is 0.172 e. The monoisotopic (exact) mass is 506 g/mol. The van der Waals surface area contributed by atoms with Crippen LogP contribution in [0.4, 0.5) is 5.82 Å². The highest BCUT2D eigenvalue weighted by Crippen LogP contribution is 2.28. The summed E-state index contributed by atoms with van der Waals surface area (Å²) in [5, 5.41) is 12.7. The van der Waals surface area contributed by atoms with Crippen LogP contribution in [0.5, 0.6) is 11.5 Å². The summed E-state index contributed by atoms with van der Waals surface area (Å²) in [5.74, 6) is 2.20. The molecule has 2 N–H and O–H groups in total. The second kappa shape index (κ2) is 12.1. The molecule has 0 spiro atoms. The van der Waals surface area contributed by atoms with Crippen LogP contribution in [0.15, 0.2) is 42.5 Å². The lowest BCUT2D eigenvalue weighted by Gasteiger charge is -2.13. The fraction of sp³-hybridized carbons (Fsp3) is 0.333. The molecule has 9 heteroatoms. The van der Waals surface area contributed by atoms with Crippen LogP contribution in [-0.4, -0.2) is 34.7 Å². The molecule has 0 unspecified atom stereocenters. The molecular formula is C24H28Cl2N4O2S. The Bertz CT molecular complexity index is 1100. The average molecular weight is 507 g/mol. The minimum absolute atomic E-state index is 0.514. The summed E-state index contributed by atoms with van der Waals surface area (Å²) < 4.78 is 13.2. The van der Waals surface area contributed by atoms with Gasteiger partial charge in [-0.05, 0) is 74.8 Å². The van der Waals surface area contributed by atoms with Crippen LogP contribution in [0, 0.1) is 6.92 Å². The first-order valence-corrected chi connectivity index (χ1v) is 12.0. The number of thiocarbonyl (C=S) groups is 1. The van der Waals surface area contributed by atoms with Crippen molar-refractivity contribution in [2.75, 3.05) is 25.1 Å². The van der Waals surface area contributed by atoms with E-state index in [1.165, 1.54) is 0 Å². The van der Waals surface area contributed by atoms with Gasteiger partial charge in [0.25, 0.3) is 0 Å². The quantitative estimate of drug-likeness (QED) is 0.335. The molecular weight excluding hydrogens is 479 g/mol. The summed E-state index contributed by atoms with van der Waals surface area (Å²) in [6, 6.07) is 13.4. The molecule has 2 aromatic carbocycles. The Morgan fingerprint density at radius 3 is 2.52 bits per heavy atom. The minimum Gasteiger partial charge on any atom is -0.490 e. The van der Waals surface area contributed by atoms with Crippen molar-refractivity contribution in [1.29, 1.82) is 0 Å². The maximum atomic E-state index is 6.30. The Labute approximate surface area is 210 Å². The highest BCUT2D eigenvalue weighted by atomic mass is 35.5.